The van der Waals surface area contributed by atoms with Gasteiger partial charge in [-0.15, -0.1) is 0 Å². The Bertz CT molecular complexity index is 1510. The maximum absolute atomic E-state index is 13.3. The second kappa shape index (κ2) is 7.83. The smallest absolute Gasteiger partial charge is 0.354 e. The van der Waals surface area contributed by atoms with Gasteiger partial charge in [0.1, 0.15) is 11.5 Å². The first-order valence-corrected chi connectivity index (χ1v) is 10.2. The summed E-state index contributed by atoms with van der Waals surface area (Å²) in [5, 5.41) is 13.4. The number of fused-ring (bicyclic) bond motifs is 1. The van der Waals surface area contributed by atoms with Gasteiger partial charge in [0.25, 0.3) is 0 Å². The average molecular weight is 438 g/mol. The van der Waals surface area contributed by atoms with Crippen molar-refractivity contribution in [3.8, 4) is 16.8 Å². The van der Waals surface area contributed by atoms with Crippen molar-refractivity contribution in [2.45, 2.75) is 13.8 Å². The van der Waals surface area contributed by atoms with Gasteiger partial charge in [-0.3, -0.25) is 9.78 Å². The lowest BCUT2D eigenvalue weighted by molar-refractivity contribution is 0.0690. The van der Waals surface area contributed by atoms with Crippen LogP contribution in [-0.4, -0.2) is 36.6 Å². The summed E-state index contributed by atoms with van der Waals surface area (Å²) in [6.07, 6.45) is 4.80. The molecule has 0 amide bonds. The highest BCUT2D eigenvalue weighted by Crippen LogP contribution is 2.32. The maximum Gasteiger partial charge on any atom is 0.354 e. The number of nitrogens with zero attached hydrogens (tertiary/aromatic N) is 4. The molecule has 0 radical (unpaired) electrons. The molecule has 8 heteroatoms. The van der Waals surface area contributed by atoms with E-state index >= 15 is 0 Å². The van der Waals surface area contributed by atoms with Crippen LogP contribution in [0.25, 0.3) is 27.8 Å². The molecule has 5 aromatic rings. The van der Waals surface area contributed by atoms with E-state index in [1.54, 1.807) is 47.3 Å². The van der Waals surface area contributed by atoms with Crippen LogP contribution >= 0.6 is 0 Å². The molecule has 0 aliphatic heterocycles. The van der Waals surface area contributed by atoms with Crippen LogP contribution in [0.3, 0.4) is 0 Å². The molecule has 33 heavy (non-hydrogen) atoms. The van der Waals surface area contributed by atoms with Crippen molar-refractivity contribution in [1.82, 2.24) is 19.7 Å². The summed E-state index contributed by atoms with van der Waals surface area (Å²) in [6, 6.07) is 14.0. The van der Waals surface area contributed by atoms with Crippen molar-refractivity contribution in [2.24, 2.45) is 0 Å². The molecule has 0 aliphatic carbocycles. The van der Waals surface area contributed by atoms with Crippen LogP contribution < -0.4 is 0 Å². The van der Waals surface area contributed by atoms with Crippen molar-refractivity contribution < 1.29 is 19.2 Å². The van der Waals surface area contributed by atoms with Gasteiger partial charge >= 0.3 is 5.97 Å². The standard InChI is InChI=1S/C25H18N4O4/c1-14-22(15(2)33-28-14)17-10-21-23(27-12-17)19(24(30)16-6-4-3-5-7-16)13-29(21)18-8-9-26-20(11-18)25(31)32/h3-13H,1-2H3,(H,31,32). The van der Waals surface area contributed by atoms with Crippen LogP contribution in [0.4, 0.5) is 0 Å². The van der Waals surface area contributed by atoms with Gasteiger partial charge in [0, 0.05) is 41.0 Å². The molecule has 4 aromatic heterocycles. The van der Waals surface area contributed by atoms with Crippen LogP contribution in [0.15, 0.2) is 71.6 Å². The Hall–Kier alpha value is -4.59. The van der Waals surface area contributed by atoms with Crippen molar-refractivity contribution >= 4 is 22.8 Å². The molecule has 8 nitrogen and oxygen atoms in total. The number of hydrogen-bond donors (Lipinski definition) is 1. The first-order valence-electron chi connectivity index (χ1n) is 10.2. The molecule has 0 saturated carbocycles. The Labute approximate surface area is 188 Å². The fourth-order valence-electron chi connectivity index (χ4n) is 3.95. The number of carboxylic acids is 1. The number of hydrogen-bond acceptors (Lipinski definition) is 6. The third kappa shape index (κ3) is 3.47. The van der Waals surface area contributed by atoms with Gasteiger partial charge in [0.2, 0.25) is 0 Å². The molecule has 0 spiro atoms. The van der Waals surface area contributed by atoms with Crippen molar-refractivity contribution in [3.05, 3.63) is 95.4 Å². The predicted octanol–water partition coefficient (Wildman–Crippen LogP) is 4.62. The number of carboxylic acid groups (broad SMARTS) is 1. The maximum atomic E-state index is 13.3. The summed E-state index contributed by atoms with van der Waals surface area (Å²) in [5.74, 6) is -0.655. The quantitative estimate of drug-likeness (QED) is 0.399. The van der Waals surface area contributed by atoms with E-state index in [2.05, 4.69) is 15.1 Å². The number of aryl methyl sites for hydroxylation is 2. The van der Waals surface area contributed by atoms with Gasteiger partial charge in [0.15, 0.2) is 5.78 Å². The summed E-state index contributed by atoms with van der Waals surface area (Å²) in [5.41, 5.74) is 4.90. The van der Waals surface area contributed by atoms with Gasteiger partial charge in [-0.2, -0.15) is 0 Å². The Morgan fingerprint density at radius 2 is 1.82 bits per heavy atom. The first kappa shape index (κ1) is 20.3. The van der Waals surface area contributed by atoms with Gasteiger partial charge in [0.05, 0.1) is 22.3 Å². The topological polar surface area (TPSA) is 111 Å². The first-order chi connectivity index (χ1) is 15.9. The number of rotatable bonds is 5. The Kier molecular flexibility index (Phi) is 4.82. The fourth-order valence-corrected chi connectivity index (χ4v) is 3.95. The Morgan fingerprint density at radius 1 is 1.03 bits per heavy atom. The third-order valence-electron chi connectivity index (χ3n) is 5.48. The summed E-state index contributed by atoms with van der Waals surface area (Å²) in [4.78, 5) is 33.3. The van der Waals surface area contributed by atoms with E-state index in [1.807, 2.05) is 26.0 Å². The van der Waals surface area contributed by atoms with Gasteiger partial charge in [-0.05, 0) is 32.0 Å². The zero-order valence-electron chi connectivity index (χ0n) is 17.8. The van der Waals surface area contributed by atoms with E-state index in [0.717, 1.165) is 16.8 Å². The third-order valence-corrected chi connectivity index (χ3v) is 5.48. The SMILES string of the molecule is Cc1noc(C)c1-c1cnc2c(C(=O)c3ccccc3)cn(-c3ccnc(C(=O)O)c3)c2c1. The summed E-state index contributed by atoms with van der Waals surface area (Å²) in [7, 11) is 0. The second-order valence-corrected chi connectivity index (χ2v) is 7.60. The highest BCUT2D eigenvalue weighted by molar-refractivity contribution is 6.16. The minimum Gasteiger partial charge on any atom is -0.477 e. The molecule has 0 fully saturated rings. The Balaban J connectivity index is 1.77. The van der Waals surface area contributed by atoms with Crippen LogP contribution in [0, 0.1) is 13.8 Å². The molecular formula is C25H18N4O4. The lowest BCUT2D eigenvalue weighted by Crippen LogP contribution is -2.02. The number of pyridine rings is 2. The highest BCUT2D eigenvalue weighted by Gasteiger charge is 2.21. The fraction of sp³-hybridized carbons (Fsp3) is 0.0800. The van der Waals surface area contributed by atoms with Crippen molar-refractivity contribution in [1.29, 1.82) is 0 Å². The number of aromatic nitrogens is 4. The average Bonchev–Trinajstić information content (AvgIpc) is 3.38. The molecule has 0 unspecified atom stereocenters. The minimum absolute atomic E-state index is 0.0971. The molecule has 0 atom stereocenters. The normalized spacial score (nSPS) is 11.1. The van der Waals surface area contributed by atoms with Gasteiger partial charge in [-0.1, -0.05) is 35.5 Å². The van der Waals surface area contributed by atoms with E-state index in [9.17, 15) is 14.7 Å². The number of carbonyl (C=O) groups is 2. The monoisotopic (exact) mass is 438 g/mol. The number of ketones is 1. The summed E-state index contributed by atoms with van der Waals surface area (Å²) >= 11 is 0. The van der Waals surface area contributed by atoms with Crippen LogP contribution in [-0.2, 0) is 0 Å². The van der Waals surface area contributed by atoms with Crippen molar-refractivity contribution in [3.63, 3.8) is 0 Å². The predicted molar refractivity (Wildman–Crippen MR) is 121 cm³/mol. The molecule has 1 aromatic carbocycles. The van der Waals surface area contributed by atoms with Crippen molar-refractivity contribution in [2.75, 3.05) is 0 Å². The largest absolute Gasteiger partial charge is 0.477 e. The van der Waals surface area contributed by atoms with E-state index in [0.29, 0.717) is 33.6 Å². The van der Waals surface area contributed by atoms with Crippen LogP contribution in [0.2, 0.25) is 0 Å². The van der Waals surface area contributed by atoms with E-state index in [1.165, 1.54) is 12.3 Å². The summed E-state index contributed by atoms with van der Waals surface area (Å²) in [6.45, 7) is 3.67. The van der Waals surface area contributed by atoms with Crippen LogP contribution in [0.1, 0.15) is 37.9 Å². The molecule has 0 aliphatic rings. The van der Waals surface area contributed by atoms with Gasteiger partial charge < -0.3 is 14.2 Å². The lowest BCUT2D eigenvalue weighted by atomic mass is 10.0. The number of benzene rings is 1. The second-order valence-electron chi connectivity index (χ2n) is 7.60. The molecule has 0 saturated heterocycles. The van der Waals surface area contributed by atoms with Gasteiger partial charge in [-0.25, -0.2) is 9.78 Å². The zero-order chi connectivity index (χ0) is 23.1. The van der Waals surface area contributed by atoms with E-state index in [-0.39, 0.29) is 11.5 Å². The number of carbonyl (C=O) groups excluding carboxylic acids is 1. The number of aromatic carboxylic acids is 1. The molecule has 1 N–H and O–H groups in total. The summed E-state index contributed by atoms with van der Waals surface area (Å²) < 4.78 is 7.07. The Morgan fingerprint density at radius 3 is 2.52 bits per heavy atom. The van der Waals surface area contributed by atoms with Crippen LogP contribution in [0.5, 0.6) is 0 Å². The zero-order valence-corrected chi connectivity index (χ0v) is 17.8. The molecule has 5 rings (SSSR count). The lowest BCUT2D eigenvalue weighted by Gasteiger charge is -2.07. The highest BCUT2D eigenvalue weighted by atomic mass is 16.5. The van der Waals surface area contributed by atoms with E-state index in [4.69, 9.17) is 4.52 Å². The molecule has 4 heterocycles. The minimum atomic E-state index is -1.14. The molecular weight excluding hydrogens is 420 g/mol. The molecule has 0 bridgehead atoms. The van der Waals surface area contributed by atoms with E-state index < -0.39 is 5.97 Å². The molecule has 162 valence electrons.